The van der Waals surface area contributed by atoms with E-state index in [0.717, 1.165) is 23.0 Å². The number of rotatable bonds is 2. The molecule has 4 heteroatoms. The van der Waals surface area contributed by atoms with Crippen LogP contribution in [0.1, 0.15) is 26.3 Å². The fourth-order valence-corrected chi connectivity index (χ4v) is 2.49. The zero-order chi connectivity index (χ0) is 13.5. The van der Waals surface area contributed by atoms with Crippen molar-refractivity contribution < 1.29 is 4.39 Å². The molecule has 1 aromatic heterocycles. The van der Waals surface area contributed by atoms with Crippen molar-refractivity contribution in [2.75, 3.05) is 0 Å². The molecule has 0 aliphatic carbocycles. The molecule has 0 spiro atoms. The number of halogens is 2. The summed E-state index contributed by atoms with van der Waals surface area (Å²) in [5.74, 6) is -0.245. The first-order valence-electron chi connectivity index (χ1n) is 5.98. The molecule has 2 N–H and O–H groups in total. The van der Waals surface area contributed by atoms with Gasteiger partial charge < -0.3 is 10.3 Å². The van der Waals surface area contributed by atoms with E-state index < -0.39 is 0 Å². The second kappa shape index (κ2) is 4.67. The third kappa shape index (κ3) is 2.59. The highest BCUT2D eigenvalue weighted by atomic mass is 79.9. The van der Waals surface area contributed by atoms with Crippen LogP contribution in [-0.4, -0.2) is 4.57 Å². The highest BCUT2D eigenvalue weighted by Gasteiger charge is 2.16. The molecule has 0 fully saturated rings. The van der Waals surface area contributed by atoms with Gasteiger partial charge in [0.25, 0.3) is 0 Å². The Morgan fingerprint density at radius 1 is 1.33 bits per heavy atom. The molecule has 0 unspecified atom stereocenters. The Balaban J connectivity index is 2.64. The summed E-state index contributed by atoms with van der Waals surface area (Å²) in [7, 11) is 0. The van der Waals surface area contributed by atoms with Gasteiger partial charge in [-0.15, -0.1) is 0 Å². The van der Waals surface area contributed by atoms with E-state index in [1.165, 1.54) is 0 Å². The number of benzene rings is 1. The maximum absolute atomic E-state index is 13.6. The van der Waals surface area contributed by atoms with E-state index in [-0.39, 0.29) is 11.2 Å². The van der Waals surface area contributed by atoms with E-state index in [1.807, 2.05) is 12.3 Å². The van der Waals surface area contributed by atoms with Gasteiger partial charge in [0.1, 0.15) is 5.82 Å². The van der Waals surface area contributed by atoms with Gasteiger partial charge in [-0.3, -0.25) is 0 Å². The Bertz CT molecular complexity index is 581. The van der Waals surface area contributed by atoms with Crippen LogP contribution in [0.15, 0.2) is 22.8 Å². The van der Waals surface area contributed by atoms with Crippen molar-refractivity contribution in [3.63, 3.8) is 0 Å². The molecule has 0 bridgehead atoms. The van der Waals surface area contributed by atoms with Crippen LogP contribution in [-0.2, 0) is 13.1 Å². The van der Waals surface area contributed by atoms with Crippen LogP contribution in [0.5, 0.6) is 0 Å². The molecule has 98 valence electrons. The average Bonchev–Trinajstić information content (AvgIpc) is 2.55. The molecule has 0 aliphatic heterocycles. The summed E-state index contributed by atoms with van der Waals surface area (Å²) < 4.78 is 16.3. The van der Waals surface area contributed by atoms with E-state index in [4.69, 9.17) is 5.73 Å². The van der Waals surface area contributed by atoms with Gasteiger partial charge in [0.15, 0.2) is 0 Å². The number of nitrogens with zero attached hydrogens (tertiary/aromatic N) is 1. The van der Waals surface area contributed by atoms with Crippen molar-refractivity contribution in [3.05, 3.63) is 34.2 Å². The topological polar surface area (TPSA) is 30.9 Å². The van der Waals surface area contributed by atoms with Gasteiger partial charge >= 0.3 is 0 Å². The lowest BCUT2D eigenvalue weighted by Crippen LogP contribution is -2.14. The van der Waals surface area contributed by atoms with Crippen LogP contribution in [0.4, 0.5) is 4.39 Å². The molecule has 2 rings (SSSR count). The SMILES string of the molecule is CC(C)(C)Cn1cc(CN)c2cc(F)c(Br)cc21. The first-order chi connectivity index (χ1) is 8.31. The van der Waals surface area contributed by atoms with E-state index in [2.05, 4.69) is 41.3 Å². The molecular formula is C14H18BrFN2. The normalized spacial score (nSPS) is 12.3. The summed E-state index contributed by atoms with van der Waals surface area (Å²) >= 11 is 3.24. The Labute approximate surface area is 115 Å². The fourth-order valence-electron chi connectivity index (χ4n) is 2.16. The van der Waals surface area contributed by atoms with Gasteiger partial charge in [0, 0.05) is 30.2 Å². The van der Waals surface area contributed by atoms with Crippen LogP contribution in [0.25, 0.3) is 10.9 Å². The van der Waals surface area contributed by atoms with Crippen LogP contribution in [0.3, 0.4) is 0 Å². The summed E-state index contributed by atoms with van der Waals surface area (Å²) in [6.45, 7) is 7.84. The molecule has 0 atom stereocenters. The van der Waals surface area contributed by atoms with Crippen molar-refractivity contribution in [2.24, 2.45) is 11.1 Å². The summed E-state index contributed by atoms with van der Waals surface area (Å²) in [5, 5.41) is 0.905. The van der Waals surface area contributed by atoms with Crippen LogP contribution >= 0.6 is 15.9 Å². The first kappa shape index (κ1) is 13.6. The van der Waals surface area contributed by atoms with E-state index in [1.54, 1.807) is 6.07 Å². The van der Waals surface area contributed by atoms with Crippen molar-refractivity contribution in [1.29, 1.82) is 0 Å². The molecular weight excluding hydrogens is 295 g/mol. The van der Waals surface area contributed by atoms with Crippen LogP contribution < -0.4 is 5.73 Å². The second-order valence-electron chi connectivity index (χ2n) is 5.83. The molecule has 0 saturated carbocycles. The number of hydrogen-bond acceptors (Lipinski definition) is 1. The minimum Gasteiger partial charge on any atom is -0.347 e. The van der Waals surface area contributed by atoms with Crippen LogP contribution in [0, 0.1) is 11.2 Å². The molecule has 0 amide bonds. The van der Waals surface area contributed by atoms with Gasteiger partial charge in [0.2, 0.25) is 0 Å². The average molecular weight is 313 g/mol. The third-order valence-electron chi connectivity index (χ3n) is 2.87. The molecule has 0 aliphatic rings. The van der Waals surface area contributed by atoms with E-state index in [0.29, 0.717) is 11.0 Å². The van der Waals surface area contributed by atoms with Crippen molar-refractivity contribution in [3.8, 4) is 0 Å². The summed E-state index contributed by atoms with van der Waals surface area (Å²) in [5.41, 5.74) is 7.91. The molecule has 2 aromatic rings. The predicted molar refractivity (Wildman–Crippen MR) is 76.9 cm³/mol. The Morgan fingerprint density at radius 3 is 2.56 bits per heavy atom. The van der Waals surface area contributed by atoms with Gasteiger partial charge in [-0.05, 0) is 39.0 Å². The molecule has 1 aromatic carbocycles. The second-order valence-corrected chi connectivity index (χ2v) is 6.68. The number of nitrogens with two attached hydrogens (primary N) is 1. The lowest BCUT2D eigenvalue weighted by atomic mass is 9.97. The van der Waals surface area contributed by atoms with E-state index >= 15 is 0 Å². The van der Waals surface area contributed by atoms with Crippen molar-refractivity contribution >= 4 is 26.8 Å². The van der Waals surface area contributed by atoms with Gasteiger partial charge in [0.05, 0.1) is 4.47 Å². The smallest absolute Gasteiger partial charge is 0.138 e. The number of hydrogen-bond donors (Lipinski definition) is 1. The molecule has 0 saturated heterocycles. The van der Waals surface area contributed by atoms with Crippen molar-refractivity contribution in [2.45, 2.75) is 33.9 Å². The summed E-state index contributed by atoms with van der Waals surface area (Å²) in [6, 6.07) is 3.39. The lowest BCUT2D eigenvalue weighted by molar-refractivity contribution is 0.349. The Kier molecular flexibility index (Phi) is 3.52. The fraction of sp³-hybridized carbons (Fsp3) is 0.429. The number of aromatic nitrogens is 1. The molecule has 1 heterocycles. The summed E-state index contributed by atoms with van der Waals surface area (Å²) in [4.78, 5) is 0. The highest BCUT2D eigenvalue weighted by Crippen LogP contribution is 2.29. The largest absolute Gasteiger partial charge is 0.347 e. The minimum absolute atomic E-state index is 0.165. The van der Waals surface area contributed by atoms with E-state index in [9.17, 15) is 4.39 Å². The molecule has 2 nitrogen and oxygen atoms in total. The zero-order valence-electron chi connectivity index (χ0n) is 10.9. The Morgan fingerprint density at radius 2 is 2.00 bits per heavy atom. The monoisotopic (exact) mass is 312 g/mol. The standard InChI is InChI=1S/C14H18BrFN2/c1-14(2,3)8-18-7-9(6-17)10-4-12(16)11(15)5-13(10)18/h4-5,7H,6,8,17H2,1-3H3. The molecule has 18 heavy (non-hydrogen) atoms. The quantitative estimate of drug-likeness (QED) is 0.891. The Hall–Kier alpha value is -0.870. The van der Waals surface area contributed by atoms with Gasteiger partial charge in [-0.25, -0.2) is 4.39 Å². The predicted octanol–water partition coefficient (Wildman–Crippen LogP) is 4.05. The minimum atomic E-state index is -0.245. The number of fused-ring (bicyclic) bond motifs is 1. The lowest BCUT2D eigenvalue weighted by Gasteiger charge is -2.19. The first-order valence-corrected chi connectivity index (χ1v) is 6.78. The van der Waals surface area contributed by atoms with Crippen LogP contribution in [0.2, 0.25) is 0 Å². The van der Waals surface area contributed by atoms with Gasteiger partial charge in [-0.2, -0.15) is 0 Å². The summed E-state index contributed by atoms with van der Waals surface area (Å²) in [6.07, 6.45) is 2.03. The maximum atomic E-state index is 13.6. The zero-order valence-corrected chi connectivity index (χ0v) is 12.5. The third-order valence-corrected chi connectivity index (χ3v) is 3.48. The molecule has 0 radical (unpaired) electrons. The van der Waals surface area contributed by atoms with Crippen molar-refractivity contribution in [1.82, 2.24) is 4.57 Å². The highest BCUT2D eigenvalue weighted by molar-refractivity contribution is 9.10. The maximum Gasteiger partial charge on any atom is 0.138 e. The van der Waals surface area contributed by atoms with Gasteiger partial charge in [-0.1, -0.05) is 20.8 Å².